The fraction of sp³-hybridized carbons (Fsp3) is 0.286. The van der Waals surface area contributed by atoms with Crippen LogP contribution in [0.15, 0.2) is 34.9 Å². The fourth-order valence-electron chi connectivity index (χ4n) is 1.72. The molecule has 2 aromatic rings. The smallest absolute Gasteiger partial charge is 0.137 e. The Labute approximate surface area is 121 Å². The zero-order valence-corrected chi connectivity index (χ0v) is 12.8. The average Bonchev–Trinajstić information content (AvgIpc) is 2.46. The molecule has 0 atom stereocenters. The molecule has 0 amide bonds. The zero-order chi connectivity index (χ0) is 13.8. The minimum absolute atomic E-state index is 0.801. The second kappa shape index (κ2) is 6.02. The minimum atomic E-state index is 0.801. The van der Waals surface area contributed by atoms with Crippen molar-refractivity contribution < 1.29 is 4.74 Å². The standard InChI is InChI=1S/C14H16BrN3O/c1-4-13-16-12(15)9-14(17-13)18(2)10-5-7-11(19-3)8-6-10/h5-9H,4H2,1-3H3. The molecule has 2 rings (SSSR count). The van der Waals surface area contributed by atoms with Crippen LogP contribution in [0.3, 0.4) is 0 Å². The van der Waals surface area contributed by atoms with Crippen LogP contribution in [-0.4, -0.2) is 24.1 Å². The average molecular weight is 322 g/mol. The van der Waals surface area contributed by atoms with E-state index in [1.54, 1.807) is 7.11 Å². The van der Waals surface area contributed by atoms with Crippen molar-refractivity contribution in [2.24, 2.45) is 0 Å². The monoisotopic (exact) mass is 321 g/mol. The number of anilines is 2. The van der Waals surface area contributed by atoms with Crippen molar-refractivity contribution in [1.82, 2.24) is 9.97 Å². The van der Waals surface area contributed by atoms with Crippen molar-refractivity contribution in [2.75, 3.05) is 19.1 Å². The van der Waals surface area contributed by atoms with E-state index in [4.69, 9.17) is 4.74 Å². The molecule has 19 heavy (non-hydrogen) atoms. The second-order valence-electron chi connectivity index (χ2n) is 4.08. The topological polar surface area (TPSA) is 38.2 Å². The van der Waals surface area contributed by atoms with E-state index in [-0.39, 0.29) is 0 Å². The zero-order valence-electron chi connectivity index (χ0n) is 11.2. The van der Waals surface area contributed by atoms with Gasteiger partial charge in [-0.3, -0.25) is 0 Å². The Balaban J connectivity index is 2.31. The molecule has 0 unspecified atom stereocenters. The minimum Gasteiger partial charge on any atom is -0.497 e. The first kappa shape index (κ1) is 13.8. The van der Waals surface area contributed by atoms with Crippen LogP contribution < -0.4 is 9.64 Å². The normalized spacial score (nSPS) is 10.3. The Bertz CT molecular complexity index is 557. The van der Waals surface area contributed by atoms with Crippen LogP contribution in [0.1, 0.15) is 12.7 Å². The molecular formula is C14H16BrN3O. The third-order valence-corrected chi connectivity index (χ3v) is 3.25. The van der Waals surface area contributed by atoms with E-state index >= 15 is 0 Å². The molecule has 0 bridgehead atoms. The maximum absolute atomic E-state index is 5.16. The summed E-state index contributed by atoms with van der Waals surface area (Å²) in [6, 6.07) is 9.77. The lowest BCUT2D eigenvalue weighted by molar-refractivity contribution is 0.415. The fourth-order valence-corrected chi connectivity index (χ4v) is 2.13. The Kier molecular flexibility index (Phi) is 4.37. The summed E-state index contributed by atoms with van der Waals surface area (Å²) >= 11 is 3.42. The molecule has 100 valence electrons. The third-order valence-electron chi connectivity index (χ3n) is 2.85. The van der Waals surface area contributed by atoms with Crippen LogP contribution in [-0.2, 0) is 6.42 Å². The molecule has 0 saturated heterocycles. The molecule has 0 N–H and O–H groups in total. The molecule has 0 aliphatic carbocycles. The van der Waals surface area contributed by atoms with Gasteiger partial charge in [-0.05, 0) is 40.2 Å². The first-order valence-electron chi connectivity index (χ1n) is 6.05. The predicted octanol–water partition coefficient (Wildman–Crippen LogP) is 3.58. The van der Waals surface area contributed by atoms with Gasteiger partial charge in [-0.1, -0.05) is 6.92 Å². The van der Waals surface area contributed by atoms with Gasteiger partial charge < -0.3 is 9.64 Å². The summed E-state index contributed by atoms with van der Waals surface area (Å²) in [5.74, 6) is 2.53. The van der Waals surface area contributed by atoms with E-state index in [9.17, 15) is 0 Å². The maximum atomic E-state index is 5.16. The van der Waals surface area contributed by atoms with Crippen LogP contribution in [0.2, 0.25) is 0 Å². The van der Waals surface area contributed by atoms with Crippen molar-refractivity contribution in [3.05, 3.63) is 40.8 Å². The van der Waals surface area contributed by atoms with Gasteiger partial charge in [-0.15, -0.1) is 0 Å². The van der Waals surface area contributed by atoms with E-state index in [1.165, 1.54) is 0 Å². The number of nitrogens with zero attached hydrogens (tertiary/aromatic N) is 3. The van der Waals surface area contributed by atoms with Gasteiger partial charge in [0, 0.05) is 25.2 Å². The summed E-state index contributed by atoms with van der Waals surface area (Å²) < 4.78 is 5.96. The van der Waals surface area contributed by atoms with Crippen LogP contribution >= 0.6 is 15.9 Å². The Morgan fingerprint density at radius 1 is 1.21 bits per heavy atom. The van der Waals surface area contributed by atoms with Crippen LogP contribution in [0, 0.1) is 0 Å². The quantitative estimate of drug-likeness (QED) is 0.807. The summed E-state index contributed by atoms with van der Waals surface area (Å²) in [5.41, 5.74) is 1.05. The second-order valence-corrected chi connectivity index (χ2v) is 4.89. The number of benzene rings is 1. The molecule has 5 heteroatoms. The van der Waals surface area contributed by atoms with Crippen LogP contribution in [0.25, 0.3) is 0 Å². The van der Waals surface area contributed by atoms with Crippen molar-refractivity contribution in [2.45, 2.75) is 13.3 Å². The Morgan fingerprint density at radius 3 is 2.47 bits per heavy atom. The molecule has 1 aromatic carbocycles. The van der Waals surface area contributed by atoms with E-state index in [0.717, 1.165) is 34.1 Å². The van der Waals surface area contributed by atoms with Crippen molar-refractivity contribution >= 4 is 27.4 Å². The van der Waals surface area contributed by atoms with Gasteiger partial charge in [0.25, 0.3) is 0 Å². The van der Waals surface area contributed by atoms with Crippen molar-refractivity contribution in [3.63, 3.8) is 0 Å². The molecule has 0 fully saturated rings. The highest BCUT2D eigenvalue weighted by atomic mass is 79.9. The SMILES string of the molecule is CCc1nc(Br)cc(N(C)c2ccc(OC)cc2)n1. The first-order chi connectivity index (χ1) is 9.13. The lowest BCUT2D eigenvalue weighted by Crippen LogP contribution is -2.12. The number of aromatic nitrogens is 2. The number of halogens is 1. The summed E-state index contributed by atoms with van der Waals surface area (Å²) in [4.78, 5) is 10.9. The van der Waals surface area contributed by atoms with Crippen LogP contribution in [0.5, 0.6) is 5.75 Å². The van der Waals surface area contributed by atoms with Gasteiger partial charge in [0.05, 0.1) is 7.11 Å². The van der Waals surface area contributed by atoms with Gasteiger partial charge in [-0.25, -0.2) is 9.97 Å². The summed E-state index contributed by atoms with van der Waals surface area (Å²) in [5, 5.41) is 0. The largest absolute Gasteiger partial charge is 0.497 e. The molecule has 0 aliphatic rings. The van der Waals surface area contributed by atoms with Gasteiger partial charge >= 0.3 is 0 Å². The molecule has 1 heterocycles. The number of ether oxygens (including phenoxy) is 1. The Morgan fingerprint density at radius 2 is 1.89 bits per heavy atom. The summed E-state index contributed by atoms with van der Waals surface area (Å²) in [6.45, 7) is 2.04. The predicted molar refractivity (Wildman–Crippen MR) is 80.2 cm³/mol. The summed E-state index contributed by atoms with van der Waals surface area (Å²) in [6.07, 6.45) is 0.808. The number of hydrogen-bond acceptors (Lipinski definition) is 4. The first-order valence-corrected chi connectivity index (χ1v) is 6.84. The third kappa shape index (κ3) is 3.23. The van der Waals surface area contributed by atoms with Crippen LogP contribution in [0.4, 0.5) is 11.5 Å². The number of aryl methyl sites for hydroxylation is 1. The molecular weight excluding hydrogens is 306 g/mol. The van der Waals surface area contributed by atoms with E-state index in [0.29, 0.717) is 0 Å². The van der Waals surface area contributed by atoms with Gasteiger partial charge in [0.2, 0.25) is 0 Å². The van der Waals surface area contributed by atoms with E-state index < -0.39 is 0 Å². The van der Waals surface area contributed by atoms with E-state index in [1.807, 2.05) is 49.2 Å². The number of hydrogen-bond donors (Lipinski definition) is 0. The van der Waals surface area contributed by atoms with E-state index in [2.05, 4.69) is 25.9 Å². The highest BCUT2D eigenvalue weighted by Crippen LogP contribution is 2.25. The van der Waals surface area contributed by atoms with Gasteiger partial charge in [-0.2, -0.15) is 0 Å². The number of rotatable bonds is 4. The van der Waals surface area contributed by atoms with Gasteiger partial charge in [0.15, 0.2) is 0 Å². The highest BCUT2D eigenvalue weighted by molar-refractivity contribution is 9.10. The Hall–Kier alpha value is -1.62. The van der Waals surface area contributed by atoms with Crippen molar-refractivity contribution in [1.29, 1.82) is 0 Å². The van der Waals surface area contributed by atoms with Crippen molar-refractivity contribution in [3.8, 4) is 5.75 Å². The molecule has 4 nitrogen and oxygen atoms in total. The molecule has 0 aliphatic heterocycles. The lowest BCUT2D eigenvalue weighted by Gasteiger charge is -2.19. The summed E-state index contributed by atoms with van der Waals surface area (Å²) in [7, 11) is 3.64. The molecule has 1 aromatic heterocycles. The molecule has 0 radical (unpaired) electrons. The maximum Gasteiger partial charge on any atom is 0.137 e. The molecule has 0 saturated carbocycles. The lowest BCUT2D eigenvalue weighted by atomic mass is 10.3. The molecule has 0 spiro atoms. The van der Waals surface area contributed by atoms with Gasteiger partial charge in [0.1, 0.15) is 22.0 Å². The highest BCUT2D eigenvalue weighted by Gasteiger charge is 2.08. The number of methoxy groups -OCH3 is 1.